The number of rotatable bonds is 6. The maximum atomic E-state index is 11.7. The van der Waals surface area contributed by atoms with E-state index in [0.717, 1.165) is 34.2 Å². The first-order chi connectivity index (χ1) is 9.10. The topological polar surface area (TPSA) is 50.4 Å². The molecular weight excluding hydrogens is 308 g/mol. The number of halogens is 1. The van der Waals surface area contributed by atoms with Crippen molar-refractivity contribution < 1.29 is 9.53 Å². The summed E-state index contributed by atoms with van der Waals surface area (Å²) in [5.41, 5.74) is 2.08. The van der Waals surface area contributed by atoms with Crippen LogP contribution in [0.3, 0.4) is 0 Å². The number of carbonyl (C=O) groups excluding carboxylic acids is 1. The summed E-state index contributed by atoms with van der Waals surface area (Å²) in [6.45, 7) is 2.77. The Labute approximate surface area is 122 Å². The highest BCUT2D eigenvalue weighted by molar-refractivity contribution is 9.10. The minimum Gasteiger partial charge on any atom is -0.483 e. The monoisotopic (exact) mass is 326 g/mol. The third kappa shape index (κ3) is 4.21. The molecule has 0 spiro atoms. The van der Waals surface area contributed by atoms with Crippen LogP contribution in [0.25, 0.3) is 0 Å². The van der Waals surface area contributed by atoms with Crippen LogP contribution < -0.4 is 15.4 Å². The summed E-state index contributed by atoms with van der Waals surface area (Å²) in [6, 6.07) is 4.38. The van der Waals surface area contributed by atoms with Crippen LogP contribution in [0.4, 0.5) is 0 Å². The first kappa shape index (κ1) is 14.3. The van der Waals surface area contributed by atoms with Gasteiger partial charge in [-0.05, 0) is 44.5 Å². The van der Waals surface area contributed by atoms with E-state index in [4.69, 9.17) is 4.74 Å². The third-order valence-electron chi connectivity index (χ3n) is 2.97. The molecule has 1 saturated carbocycles. The van der Waals surface area contributed by atoms with Gasteiger partial charge in [-0.3, -0.25) is 4.79 Å². The lowest BCUT2D eigenvalue weighted by Gasteiger charge is -2.14. The van der Waals surface area contributed by atoms with Crippen molar-refractivity contribution >= 4 is 21.8 Å². The Kier molecular flexibility index (Phi) is 4.82. The average molecular weight is 327 g/mol. The fourth-order valence-electron chi connectivity index (χ4n) is 1.96. The molecule has 0 atom stereocenters. The summed E-state index contributed by atoms with van der Waals surface area (Å²) < 4.78 is 6.71. The predicted molar refractivity (Wildman–Crippen MR) is 78.3 cm³/mol. The van der Waals surface area contributed by atoms with Gasteiger partial charge in [-0.25, -0.2) is 0 Å². The molecule has 0 aliphatic heterocycles. The first-order valence-electron chi connectivity index (χ1n) is 6.46. The number of hydrogen-bond donors (Lipinski definition) is 2. The van der Waals surface area contributed by atoms with Gasteiger partial charge < -0.3 is 15.4 Å². The second-order valence-corrected chi connectivity index (χ2v) is 5.79. The van der Waals surface area contributed by atoms with Crippen LogP contribution in [-0.4, -0.2) is 25.6 Å². The highest BCUT2D eigenvalue weighted by Gasteiger charge is 2.23. The highest BCUT2D eigenvalue weighted by Crippen LogP contribution is 2.28. The number of ether oxygens (including phenoxy) is 1. The minimum atomic E-state index is -0.0415. The van der Waals surface area contributed by atoms with E-state index in [1.54, 1.807) is 0 Å². The fraction of sp³-hybridized carbons (Fsp3) is 0.500. The molecule has 1 aromatic carbocycles. The SMILES string of the molecule is CNCc1cc(Br)cc(C)c1OCC(=O)NC1CC1. The normalized spacial score (nSPS) is 14.3. The van der Waals surface area contributed by atoms with Crippen molar-refractivity contribution in [2.24, 2.45) is 0 Å². The molecule has 0 heterocycles. The Morgan fingerprint density at radius 3 is 2.84 bits per heavy atom. The molecule has 104 valence electrons. The quantitative estimate of drug-likeness (QED) is 0.842. The predicted octanol–water partition coefficient (Wildman–Crippen LogP) is 2.13. The molecule has 0 radical (unpaired) electrons. The Hall–Kier alpha value is -1.07. The lowest BCUT2D eigenvalue weighted by molar-refractivity contribution is -0.123. The van der Waals surface area contributed by atoms with Crippen LogP contribution in [0, 0.1) is 6.92 Å². The highest BCUT2D eigenvalue weighted by atomic mass is 79.9. The van der Waals surface area contributed by atoms with Crippen molar-refractivity contribution in [1.82, 2.24) is 10.6 Å². The smallest absolute Gasteiger partial charge is 0.258 e. The summed E-state index contributed by atoms with van der Waals surface area (Å²) in [5, 5.41) is 6.02. The number of hydrogen-bond acceptors (Lipinski definition) is 3. The lowest BCUT2D eigenvalue weighted by Crippen LogP contribution is -2.30. The van der Waals surface area contributed by atoms with E-state index in [-0.39, 0.29) is 12.5 Å². The second kappa shape index (κ2) is 6.39. The fourth-order valence-corrected chi connectivity index (χ4v) is 2.58. The Bertz CT molecular complexity index is 473. The average Bonchev–Trinajstić information content (AvgIpc) is 3.12. The van der Waals surface area contributed by atoms with Gasteiger partial charge in [-0.15, -0.1) is 0 Å². The maximum absolute atomic E-state index is 11.7. The summed E-state index contributed by atoms with van der Waals surface area (Å²) in [4.78, 5) is 11.7. The molecule has 0 saturated heterocycles. The van der Waals surface area contributed by atoms with Gasteiger partial charge in [0.25, 0.3) is 5.91 Å². The van der Waals surface area contributed by atoms with Crippen molar-refractivity contribution in [1.29, 1.82) is 0 Å². The molecule has 1 aromatic rings. The largest absolute Gasteiger partial charge is 0.483 e. The van der Waals surface area contributed by atoms with Gasteiger partial charge in [-0.1, -0.05) is 15.9 Å². The Morgan fingerprint density at radius 2 is 2.21 bits per heavy atom. The number of benzene rings is 1. The third-order valence-corrected chi connectivity index (χ3v) is 3.43. The van der Waals surface area contributed by atoms with E-state index in [0.29, 0.717) is 12.6 Å². The number of aryl methyl sites for hydroxylation is 1. The van der Waals surface area contributed by atoms with Gasteiger partial charge in [0, 0.05) is 22.6 Å². The standard InChI is InChI=1S/C14H19BrN2O2/c1-9-5-11(15)6-10(7-16-2)14(9)19-8-13(18)17-12-3-4-12/h5-6,12,16H,3-4,7-8H2,1-2H3,(H,17,18). The van der Waals surface area contributed by atoms with Crippen LogP contribution in [-0.2, 0) is 11.3 Å². The van der Waals surface area contributed by atoms with Crippen LogP contribution in [0.15, 0.2) is 16.6 Å². The molecule has 1 aliphatic carbocycles. The molecule has 1 amide bonds. The van der Waals surface area contributed by atoms with Crippen LogP contribution in [0.2, 0.25) is 0 Å². The van der Waals surface area contributed by atoms with Crippen molar-refractivity contribution in [3.8, 4) is 5.75 Å². The van der Waals surface area contributed by atoms with Gasteiger partial charge in [0.15, 0.2) is 6.61 Å². The van der Waals surface area contributed by atoms with Gasteiger partial charge in [0.1, 0.15) is 5.75 Å². The molecule has 1 aliphatic rings. The molecule has 2 rings (SSSR count). The van der Waals surface area contributed by atoms with Gasteiger partial charge in [0.05, 0.1) is 0 Å². The Balaban J connectivity index is 2.02. The van der Waals surface area contributed by atoms with E-state index >= 15 is 0 Å². The zero-order valence-corrected chi connectivity index (χ0v) is 12.8. The first-order valence-corrected chi connectivity index (χ1v) is 7.25. The Morgan fingerprint density at radius 1 is 1.47 bits per heavy atom. The van der Waals surface area contributed by atoms with Crippen LogP contribution >= 0.6 is 15.9 Å². The summed E-state index contributed by atoms with van der Waals surface area (Å²) >= 11 is 3.48. The lowest BCUT2D eigenvalue weighted by atomic mass is 10.1. The molecule has 4 nitrogen and oxygen atoms in total. The van der Waals surface area contributed by atoms with Crippen molar-refractivity contribution in [2.45, 2.75) is 32.4 Å². The number of carbonyl (C=O) groups is 1. The van der Waals surface area contributed by atoms with Crippen LogP contribution in [0.5, 0.6) is 5.75 Å². The van der Waals surface area contributed by atoms with Gasteiger partial charge in [0.2, 0.25) is 0 Å². The van der Waals surface area contributed by atoms with E-state index in [1.165, 1.54) is 0 Å². The molecule has 0 unspecified atom stereocenters. The zero-order chi connectivity index (χ0) is 13.8. The molecular formula is C14H19BrN2O2. The van der Waals surface area contributed by atoms with Gasteiger partial charge in [-0.2, -0.15) is 0 Å². The van der Waals surface area contributed by atoms with Crippen molar-refractivity contribution in [3.63, 3.8) is 0 Å². The summed E-state index contributed by atoms with van der Waals surface area (Å²) in [5.74, 6) is 0.753. The number of nitrogens with one attached hydrogen (secondary N) is 2. The van der Waals surface area contributed by atoms with E-state index in [1.807, 2.05) is 26.1 Å². The zero-order valence-electron chi connectivity index (χ0n) is 11.3. The summed E-state index contributed by atoms with van der Waals surface area (Å²) in [7, 11) is 1.89. The minimum absolute atomic E-state index is 0.0415. The second-order valence-electron chi connectivity index (χ2n) is 4.87. The van der Waals surface area contributed by atoms with E-state index in [9.17, 15) is 4.79 Å². The van der Waals surface area contributed by atoms with Gasteiger partial charge >= 0.3 is 0 Å². The van der Waals surface area contributed by atoms with Crippen molar-refractivity contribution in [2.75, 3.05) is 13.7 Å². The molecule has 0 bridgehead atoms. The van der Waals surface area contributed by atoms with Crippen LogP contribution in [0.1, 0.15) is 24.0 Å². The van der Waals surface area contributed by atoms with E-state index in [2.05, 4.69) is 26.6 Å². The number of amides is 1. The molecule has 2 N–H and O–H groups in total. The van der Waals surface area contributed by atoms with E-state index < -0.39 is 0 Å². The maximum Gasteiger partial charge on any atom is 0.258 e. The molecule has 19 heavy (non-hydrogen) atoms. The summed E-state index contributed by atoms with van der Waals surface area (Å²) in [6.07, 6.45) is 2.18. The molecule has 0 aromatic heterocycles. The molecule has 1 fully saturated rings. The molecule has 5 heteroatoms. The van der Waals surface area contributed by atoms with Crippen molar-refractivity contribution in [3.05, 3.63) is 27.7 Å².